The Bertz CT molecular complexity index is 346. The first-order chi connectivity index (χ1) is 6.53. The zero-order valence-electron chi connectivity index (χ0n) is 8.50. The van der Waals surface area contributed by atoms with Crippen LogP contribution in [-0.4, -0.2) is 9.93 Å². The highest BCUT2D eigenvalue weighted by molar-refractivity contribution is 9.09. The molecule has 2 unspecified atom stereocenters. The monoisotopic (exact) mass is 254 g/mol. The van der Waals surface area contributed by atoms with Crippen LogP contribution in [0.25, 0.3) is 0 Å². The van der Waals surface area contributed by atoms with Crippen molar-refractivity contribution < 1.29 is 5.11 Å². The fourth-order valence-electron chi connectivity index (χ4n) is 2.16. The fourth-order valence-corrected chi connectivity index (χ4v) is 2.76. The van der Waals surface area contributed by atoms with Crippen LogP contribution in [0.2, 0.25) is 0 Å². The summed E-state index contributed by atoms with van der Waals surface area (Å²) in [7, 11) is 0. The van der Waals surface area contributed by atoms with Crippen molar-refractivity contribution >= 4 is 15.9 Å². The number of hydrogen-bond acceptors (Lipinski definition) is 1. The SMILES string of the molecule is CC1(C)c2ccccc2C(O)CC1Br. The van der Waals surface area contributed by atoms with Crippen molar-refractivity contribution in [3.63, 3.8) is 0 Å². The van der Waals surface area contributed by atoms with E-state index in [9.17, 15) is 5.11 Å². The van der Waals surface area contributed by atoms with Gasteiger partial charge >= 0.3 is 0 Å². The van der Waals surface area contributed by atoms with E-state index in [1.807, 2.05) is 18.2 Å². The van der Waals surface area contributed by atoms with Gasteiger partial charge in [-0.25, -0.2) is 0 Å². The third-order valence-corrected chi connectivity index (χ3v) is 4.75. The third-order valence-electron chi connectivity index (χ3n) is 3.23. The molecule has 0 aromatic heterocycles. The molecule has 2 atom stereocenters. The first kappa shape index (κ1) is 10.2. The maximum Gasteiger partial charge on any atom is 0.0803 e. The number of rotatable bonds is 0. The summed E-state index contributed by atoms with van der Waals surface area (Å²) in [5.41, 5.74) is 2.46. The van der Waals surface area contributed by atoms with Gasteiger partial charge in [-0.15, -0.1) is 0 Å². The van der Waals surface area contributed by atoms with Crippen molar-refractivity contribution in [1.29, 1.82) is 0 Å². The average Bonchev–Trinajstić information content (AvgIpc) is 2.16. The number of hydrogen-bond donors (Lipinski definition) is 1. The quantitative estimate of drug-likeness (QED) is 0.706. The van der Waals surface area contributed by atoms with Gasteiger partial charge in [-0.05, 0) is 17.5 Å². The molecule has 0 saturated heterocycles. The highest BCUT2D eigenvalue weighted by atomic mass is 79.9. The lowest BCUT2D eigenvalue weighted by atomic mass is 9.72. The Hall–Kier alpha value is -0.340. The van der Waals surface area contributed by atoms with E-state index in [0.717, 1.165) is 12.0 Å². The second kappa shape index (κ2) is 3.35. The van der Waals surface area contributed by atoms with Gasteiger partial charge in [0.25, 0.3) is 0 Å². The third kappa shape index (κ3) is 1.41. The van der Waals surface area contributed by atoms with Crippen molar-refractivity contribution in [3.8, 4) is 0 Å². The van der Waals surface area contributed by atoms with Gasteiger partial charge in [-0.2, -0.15) is 0 Å². The predicted molar refractivity (Wildman–Crippen MR) is 61.8 cm³/mol. The van der Waals surface area contributed by atoms with E-state index in [-0.39, 0.29) is 11.5 Å². The van der Waals surface area contributed by atoms with Gasteiger partial charge in [-0.1, -0.05) is 54.0 Å². The summed E-state index contributed by atoms with van der Waals surface area (Å²) in [6.07, 6.45) is 0.480. The Morgan fingerprint density at radius 1 is 1.36 bits per heavy atom. The number of benzene rings is 1. The van der Waals surface area contributed by atoms with Crippen LogP contribution in [0.3, 0.4) is 0 Å². The minimum absolute atomic E-state index is 0.107. The number of alkyl halides is 1. The summed E-state index contributed by atoms with van der Waals surface area (Å²) in [4.78, 5) is 0.347. The summed E-state index contributed by atoms with van der Waals surface area (Å²) in [5.74, 6) is 0. The summed E-state index contributed by atoms with van der Waals surface area (Å²) in [6.45, 7) is 4.44. The first-order valence-corrected chi connectivity index (χ1v) is 5.86. The molecule has 1 aliphatic rings. The van der Waals surface area contributed by atoms with Crippen LogP contribution in [-0.2, 0) is 5.41 Å². The van der Waals surface area contributed by atoms with E-state index in [0.29, 0.717) is 4.83 Å². The Morgan fingerprint density at radius 3 is 2.71 bits per heavy atom. The zero-order valence-corrected chi connectivity index (χ0v) is 10.1. The Balaban J connectivity index is 2.57. The maximum atomic E-state index is 9.93. The molecule has 0 spiro atoms. The highest BCUT2D eigenvalue weighted by Gasteiger charge is 2.38. The second-order valence-corrected chi connectivity index (χ2v) is 5.63. The fraction of sp³-hybridized carbons (Fsp3) is 0.500. The van der Waals surface area contributed by atoms with Gasteiger partial charge in [0.2, 0.25) is 0 Å². The van der Waals surface area contributed by atoms with Crippen molar-refractivity contribution in [2.24, 2.45) is 0 Å². The average molecular weight is 255 g/mol. The molecule has 1 nitrogen and oxygen atoms in total. The van der Waals surface area contributed by atoms with Gasteiger partial charge < -0.3 is 5.11 Å². The molecule has 14 heavy (non-hydrogen) atoms. The smallest absolute Gasteiger partial charge is 0.0803 e. The second-order valence-electron chi connectivity index (χ2n) is 4.53. The van der Waals surface area contributed by atoms with E-state index < -0.39 is 0 Å². The Morgan fingerprint density at radius 2 is 2.00 bits per heavy atom. The molecule has 0 aliphatic heterocycles. The van der Waals surface area contributed by atoms with Crippen molar-refractivity contribution in [3.05, 3.63) is 35.4 Å². The first-order valence-electron chi connectivity index (χ1n) is 4.95. The summed E-state index contributed by atoms with van der Waals surface area (Å²) < 4.78 is 0. The van der Waals surface area contributed by atoms with Crippen molar-refractivity contribution in [1.82, 2.24) is 0 Å². The molecule has 0 radical (unpaired) electrons. The van der Waals surface area contributed by atoms with Gasteiger partial charge in [-0.3, -0.25) is 0 Å². The lowest BCUT2D eigenvalue weighted by Gasteiger charge is -2.39. The van der Waals surface area contributed by atoms with E-state index in [2.05, 4.69) is 35.8 Å². The molecule has 2 heteroatoms. The standard InChI is InChI=1S/C12H15BrO/c1-12(2)9-6-4-3-5-8(9)10(14)7-11(12)13/h3-6,10-11,14H,7H2,1-2H3. The van der Waals surface area contributed by atoms with Gasteiger partial charge in [0.05, 0.1) is 6.10 Å². The molecule has 2 rings (SSSR count). The van der Waals surface area contributed by atoms with E-state index in [1.165, 1.54) is 5.56 Å². The summed E-state index contributed by atoms with van der Waals surface area (Å²) in [5, 5.41) is 9.93. The largest absolute Gasteiger partial charge is 0.388 e. The van der Waals surface area contributed by atoms with Crippen LogP contribution in [0.1, 0.15) is 37.5 Å². The van der Waals surface area contributed by atoms with E-state index >= 15 is 0 Å². The van der Waals surface area contributed by atoms with Crippen molar-refractivity contribution in [2.75, 3.05) is 0 Å². The number of aliphatic hydroxyl groups excluding tert-OH is 1. The Kier molecular flexibility index (Phi) is 2.44. The minimum Gasteiger partial charge on any atom is -0.388 e. The van der Waals surface area contributed by atoms with Gasteiger partial charge in [0, 0.05) is 10.2 Å². The number of fused-ring (bicyclic) bond motifs is 1. The van der Waals surface area contributed by atoms with Crippen LogP contribution in [0.5, 0.6) is 0 Å². The molecule has 1 N–H and O–H groups in total. The van der Waals surface area contributed by atoms with E-state index in [4.69, 9.17) is 0 Å². The molecular formula is C12H15BrO. The molecule has 0 bridgehead atoms. The lowest BCUT2D eigenvalue weighted by molar-refractivity contribution is 0.144. The van der Waals surface area contributed by atoms with Crippen molar-refractivity contribution in [2.45, 2.75) is 36.6 Å². The molecule has 76 valence electrons. The van der Waals surface area contributed by atoms with Crippen LogP contribution < -0.4 is 0 Å². The molecule has 1 aromatic rings. The molecule has 1 aliphatic carbocycles. The zero-order chi connectivity index (χ0) is 10.3. The topological polar surface area (TPSA) is 20.2 Å². The van der Waals surface area contributed by atoms with Crippen LogP contribution in [0.4, 0.5) is 0 Å². The maximum absolute atomic E-state index is 9.93. The lowest BCUT2D eigenvalue weighted by Crippen LogP contribution is -2.36. The molecule has 1 aromatic carbocycles. The molecule has 0 amide bonds. The normalized spacial score (nSPS) is 29.7. The van der Waals surface area contributed by atoms with Crippen LogP contribution >= 0.6 is 15.9 Å². The van der Waals surface area contributed by atoms with Crippen LogP contribution in [0, 0.1) is 0 Å². The van der Waals surface area contributed by atoms with Gasteiger partial charge in [0.15, 0.2) is 0 Å². The summed E-state index contributed by atoms with van der Waals surface area (Å²) >= 11 is 3.66. The number of aliphatic hydroxyl groups is 1. The molecule has 0 fully saturated rings. The molecule has 0 saturated carbocycles. The highest BCUT2D eigenvalue weighted by Crippen LogP contribution is 2.44. The molecule has 0 heterocycles. The van der Waals surface area contributed by atoms with E-state index in [1.54, 1.807) is 0 Å². The predicted octanol–water partition coefficient (Wildman–Crippen LogP) is 3.16. The minimum atomic E-state index is -0.316. The van der Waals surface area contributed by atoms with Crippen LogP contribution in [0.15, 0.2) is 24.3 Å². The number of halogens is 1. The molecular weight excluding hydrogens is 240 g/mol. The Labute approximate surface area is 93.3 Å². The summed E-state index contributed by atoms with van der Waals surface area (Å²) in [6, 6.07) is 8.18. The van der Waals surface area contributed by atoms with Gasteiger partial charge in [0.1, 0.15) is 0 Å².